The number of halogens is 1. The van der Waals surface area contributed by atoms with E-state index in [1.165, 1.54) is 12.4 Å². The number of rotatable bonds is 3. The van der Waals surface area contributed by atoms with Crippen LogP contribution in [-0.4, -0.2) is 27.0 Å². The molecule has 2 rings (SSSR count). The highest BCUT2D eigenvalue weighted by Crippen LogP contribution is 2.17. The molecule has 0 aliphatic heterocycles. The maximum atomic E-state index is 11.8. The summed E-state index contributed by atoms with van der Waals surface area (Å²) in [6.45, 7) is 0. The van der Waals surface area contributed by atoms with E-state index < -0.39 is 17.6 Å². The van der Waals surface area contributed by atoms with E-state index >= 15 is 0 Å². The van der Waals surface area contributed by atoms with Crippen LogP contribution in [0, 0.1) is 0 Å². The largest absolute Gasteiger partial charge is 0.476 e. The quantitative estimate of drug-likeness (QED) is 0.688. The van der Waals surface area contributed by atoms with E-state index in [1.54, 1.807) is 24.3 Å². The maximum Gasteiger partial charge on any atom is 0.364 e. The molecule has 0 saturated heterocycles. The van der Waals surface area contributed by atoms with Crippen molar-refractivity contribution in [2.24, 2.45) is 0 Å². The van der Waals surface area contributed by atoms with Crippen LogP contribution in [0.1, 0.15) is 21.0 Å². The van der Waals surface area contributed by atoms with Crippen LogP contribution >= 0.6 is 15.9 Å². The van der Waals surface area contributed by atoms with Gasteiger partial charge in [-0.15, -0.1) is 0 Å². The lowest BCUT2D eigenvalue weighted by molar-refractivity contribution is 0.0657. The average Bonchev–Trinajstić information content (AvgIpc) is 2.41. The lowest BCUT2D eigenvalue weighted by Gasteiger charge is -2.05. The molecule has 1 aromatic heterocycles. The molecule has 0 spiro atoms. The smallest absolute Gasteiger partial charge is 0.364 e. The summed E-state index contributed by atoms with van der Waals surface area (Å²) < 4.78 is 5.85. The minimum Gasteiger partial charge on any atom is -0.476 e. The van der Waals surface area contributed by atoms with Gasteiger partial charge in [-0.1, -0.05) is 15.9 Å². The third-order valence-corrected chi connectivity index (χ3v) is 2.65. The number of benzene rings is 1. The molecule has 7 heteroatoms. The Hall–Kier alpha value is -2.28. The van der Waals surface area contributed by atoms with Gasteiger partial charge in [-0.3, -0.25) is 0 Å². The molecule has 96 valence electrons. The maximum absolute atomic E-state index is 11.8. The Morgan fingerprint density at radius 1 is 1.05 bits per heavy atom. The van der Waals surface area contributed by atoms with Crippen molar-refractivity contribution in [3.8, 4) is 5.75 Å². The molecule has 0 saturated carbocycles. The first-order valence-electron chi connectivity index (χ1n) is 5.10. The van der Waals surface area contributed by atoms with Gasteiger partial charge >= 0.3 is 11.9 Å². The molecular weight excluding hydrogens is 316 g/mol. The Labute approximate surface area is 116 Å². The van der Waals surface area contributed by atoms with E-state index in [1.807, 2.05) is 0 Å². The number of carbonyl (C=O) groups excluding carboxylic acids is 1. The van der Waals surface area contributed by atoms with Crippen molar-refractivity contribution >= 4 is 27.9 Å². The summed E-state index contributed by atoms with van der Waals surface area (Å²) in [6, 6.07) is 6.52. The minimum absolute atomic E-state index is 0.287. The van der Waals surface area contributed by atoms with Crippen molar-refractivity contribution in [3.05, 3.63) is 52.5 Å². The fourth-order valence-corrected chi connectivity index (χ4v) is 1.57. The molecule has 1 heterocycles. The van der Waals surface area contributed by atoms with Gasteiger partial charge in [0.15, 0.2) is 11.4 Å². The van der Waals surface area contributed by atoms with Crippen molar-refractivity contribution in [1.29, 1.82) is 0 Å². The molecule has 19 heavy (non-hydrogen) atoms. The summed E-state index contributed by atoms with van der Waals surface area (Å²) in [5, 5.41) is 8.90. The van der Waals surface area contributed by atoms with Crippen LogP contribution < -0.4 is 4.74 Å². The van der Waals surface area contributed by atoms with Gasteiger partial charge in [0, 0.05) is 16.9 Å². The van der Waals surface area contributed by atoms with Gasteiger partial charge < -0.3 is 9.84 Å². The Balaban J connectivity index is 2.25. The van der Waals surface area contributed by atoms with Gasteiger partial charge in [-0.2, -0.15) is 0 Å². The molecule has 0 amide bonds. The van der Waals surface area contributed by atoms with E-state index in [4.69, 9.17) is 9.84 Å². The molecule has 6 nitrogen and oxygen atoms in total. The first kappa shape index (κ1) is 13.2. The van der Waals surface area contributed by atoms with Crippen LogP contribution in [-0.2, 0) is 0 Å². The molecule has 0 atom stereocenters. The zero-order valence-corrected chi connectivity index (χ0v) is 11.0. The number of hydrogen-bond acceptors (Lipinski definition) is 5. The third-order valence-electron chi connectivity index (χ3n) is 2.12. The van der Waals surface area contributed by atoms with Gasteiger partial charge in [-0.05, 0) is 24.3 Å². The summed E-state index contributed by atoms with van der Waals surface area (Å²) in [5.74, 6) is -1.92. The van der Waals surface area contributed by atoms with Gasteiger partial charge in [0.1, 0.15) is 5.75 Å². The number of aromatic nitrogens is 2. The first-order valence-corrected chi connectivity index (χ1v) is 5.89. The van der Waals surface area contributed by atoms with E-state index in [0.29, 0.717) is 0 Å². The SMILES string of the molecule is O=C(O)c1nccnc1C(=O)Oc1ccc(Br)cc1. The second-order valence-corrected chi connectivity index (χ2v) is 4.32. The van der Waals surface area contributed by atoms with Gasteiger partial charge in [-0.25, -0.2) is 19.6 Å². The van der Waals surface area contributed by atoms with Crippen molar-refractivity contribution in [1.82, 2.24) is 9.97 Å². The topological polar surface area (TPSA) is 89.4 Å². The van der Waals surface area contributed by atoms with E-state index in [9.17, 15) is 9.59 Å². The van der Waals surface area contributed by atoms with Gasteiger partial charge in [0.2, 0.25) is 0 Å². The molecule has 0 unspecified atom stereocenters. The zero-order chi connectivity index (χ0) is 13.8. The molecule has 1 N–H and O–H groups in total. The average molecular weight is 323 g/mol. The molecule has 0 fully saturated rings. The van der Waals surface area contributed by atoms with Crippen molar-refractivity contribution in [2.75, 3.05) is 0 Å². The summed E-state index contributed by atoms with van der Waals surface area (Å²) in [6.07, 6.45) is 2.42. The number of aromatic carboxylic acids is 1. The van der Waals surface area contributed by atoms with E-state index in [2.05, 4.69) is 25.9 Å². The Kier molecular flexibility index (Phi) is 3.86. The minimum atomic E-state index is -1.34. The van der Waals surface area contributed by atoms with Crippen LogP contribution in [0.4, 0.5) is 0 Å². The summed E-state index contributed by atoms with van der Waals surface area (Å²) in [4.78, 5) is 30.0. The monoisotopic (exact) mass is 322 g/mol. The van der Waals surface area contributed by atoms with Crippen LogP contribution in [0.3, 0.4) is 0 Å². The fraction of sp³-hybridized carbons (Fsp3) is 0. The van der Waals surface area contributed by atoms with Crippen molar-refractivity contribution < 1.29 is 19.4 Å². The summed E-state index contributed by atoms with van der Waals surface area (Å²) in [5.41, 5.74) is -0.775. The summed E-state index contributed by atoms with van der Waals surface area (Å²) in [7, 11) is 0. The van der Waals surface area contributed by atoms with Crippen LogP contribution in [0.5, 0.6) is 5.75 Å². The molecular formula is C12H7BrN2O4. The number of nitrogens with zero attached hydrogens (tertiary/aromatic N) is 2. The second-order valence-electron chi connectivity index (χ2n) is 3.40. The number of esters is 1. The highest BCUT2D eigenvalue weighted by Gasteiger charge is 2.21. The summed E-state index contributed by atoms with van der Waals surface area (Å²) >= 11 is 3.25. The predicted molar refractivity (Wildman–Crippen MR) is 68.1 cm³/mol. The number of carboxylic acids is 1. The second kappa shape index (κ2) is 5.57. The van der Waals surface area contributed by atoms with Gasteiger partial charge in [0.25, 0.3) is 0 Å². The van der Waals surface area contributed by atoms with Crippen LogP contribution in [0.2, 0.25) is 0 Å². The van der Waals surface area contributed by atoms with Crippen molar-refractivity contribution in [3.63, 3.8) is 0 Å². The normalized spacial score (nSPS) is 9.95. The van der Waals surface area contributed by atoms with Crippen LogP contribution in [0.15, 0.2) is 41.1 Å². The fourth-order valence-electron chi connectivity index (χ4n) is 1.30. The number of carbonyl (C=O) groups is 2. The van der Waals surface area contributed by atoms with Crippen LogP contribution in [0.25, 0.3) is 0 Å². The highest BCUT2D eigenvalue weighted by molar-refractivity contribution is 9.10. The molecule has 0 bridgehead atoms. The number of carboxylic acid groups (broad SMARTS) is 1. The molecule has 0 aliphatic carbocycles. The van der Waals surface area contributed by atoms with Crippen molar-refractivity contribution in [2.45, 2.75) is 0 Å². The standard InChI is InChI=1S/C12H7BrN2O4/c13-7-1-3-8(4-2-7)19-12(18)10-9(11(16)17)14-5-6-15-10/h1-6H,(H,16,17). The first-order chi connectivity index (χ1) is 9.08. The zero-order valence-electron chi connectivity index (χ0n) is 9.41. The number of hydrogen-bond donors (Lipinski definition) is 1. The lowest BCUT2D eigenvalue weighted by Crippen LogP contribution is -2.17. The predicted octanol–water partition coefficient (Wildman–Crippen LogP) is 2.16. The Morgan fingerprint density at radius 3 is 2.21 bits per heavy atom. The Morgan fingerprint density at radius 2 is 1.63 bits per heavy atom. The lowest BCUT2D eigenvalue weighted by atomic mass is 10.3. The molecule has 1 aromatic carbocycles. The molecule has 0 aliphatic rings. The highest BCUT2D eigenvalue weighted by atomic mass is 79.9. The Bertz CT molecular complexity index is 628. The van der Waals surface area contributed by atoms with E-state index in [-0.39, 0.29) is 11.4 Å². The van der Waals surface area contributed by atoms with E-state index in [0.717, 1.165) is 4.47 Å². The third kappa shape index (κ3) is 3.14. The molecule has 2 aromatic rings. The number of ether oxygens (including phenoxy) is 1. The van der Waals surface area contributed by atoms with Gasteiger partial charge in [0.05, 0.1) is 0 Å². The molecule has 0 radical (unpaired) electrons.